The number of nitrogens with zero attached hydrogens (tertiary/aromatic N) is 6. The molecule has 1 aromatic carbocycles. The normalized spacial score (nSPS) is 30.7. The van der Waals surface area contributed by atoms with Gasteiger partial charge in [-0.3, -0.25) is 9.59 Å². The summed E-state index contributed by atoms with van der Waals surface area (Å²) < 4.78 is 29.7. The summed E-state index contributed by atoms with van der Waals surface area (Å²) in [7, 11) is 1.41. The summed E-state index contributed by atoms with van der Waals surface area (Å²) in [5.41, 5.74) is 10.00. The molecule has 2 fully saturated rings. The minimum atomic E-state index is -1.06. The van der Waals surface area contributed by atoms with Crippen LogP contribution in [0.5, 0.6) is 0 Å². The molecule has 3 heterocycles. The van der Waals surface area contributed by atoms with Gasteiger partial charge >= 0.3 is 11.9 Å². The van der Waals surface area contributed by atoms with Crippen molar-refractivity contribution < 1.29 is 38.4 Å². The van der Waals surface area contributed by atoms with Crippen LogP contribution in [0.3, 0.4) is 0 Å². The largest absolute Gasteiger partial charge is 0.463 e. The van der Waals surface area contributed by atoms with Gasteiger partial charge in [0.05, 0.1) is 30.8 Å². The minimum absolute atomic E-state index is 0.201. The highest BCUT2D eigenvalue weighted by Gasteiger charge is 2.50. The molecule has 8 unspecified atom stereocenters. The summed E-state index contributed by atoms with van der Waals surface area (Å²) in [6.07, 6.45) is -2.02. The molecule has 0 amide bonds. The molecule has 0 bridgehead atoms. The SMILES string of the molecule is COC1C(SC2COCC(n3cc(-c4ccccc4)nn3)C2O)OC(COC(C)=O)C(OC(C)=O)C1N=[N+]=[N-]. The van der Waals surface area contributed by atoms with Crippen LogP contribution in [-0.4, -0.2) is 100 Å². The molecule has 2 aromatic rings. The third-order valence-corrected chi connectivity index (χ3v) is 7.81. The van der Waals surface area contributed by atoms with Gasteiger partial charge in [-0.05, 0) is 5.53 Å². The van der Waals surface area contributed by atoms with Crippen molar-refractivity contribution in [2.45, 2.75) is 61.0 Å². The number of aliphatic hydroxyl groups is 1. The average Bonchev–Trinajstić information content (AvgIpc) is 3.41. The van der Waals surface area contributed by atoms with Gasteiger partial charge in [0, 0.05) is 31.4 Å². The Bertz CT molecular complexity index is 1180. The van der Waals surface area contributed by atoms with E-state index in [0.29, 0.717) is 5.69 Å². The Labute approximate surface area is 228 Å². The van der Waals surface area contributed by atoms with Gasteiger partial charge in [-0.1, -0.05) is 40.7 Å². The fraction of sp³-hybridized carbons (Fsp3) is 0.583. The van der Waals surface area contributed by atoms with Crippen molar-refractivity contribution >= 4 is 23.7 Å². The molecule has 0 aliphatic carbocycles. The van der Waals surface area contributed by atoms with E-state index >= 15 is 0 Å². The molecule has 1 aromatic heterocycles. The monoisotopic (exact) mass is 562 g/mol. The number of ether oxygens (including phenoxy) is 5. The summed E-state index contributed by atoms with van der Waals surface area (Å²) in [5, 5.41) is 23.1. The molecule has 210 valence electrons. The van der Waals surface area contributed by atoms with E-state index in [2.05, 4.69) is 20.3 Å². The maximum atomic E-state index is 11.8. The lowest BCUT2D eigenvalue weighted by molar-refractivity contribution is -0.196. The molecule has 39 heavy (non-hydrogen) atoms. The Morgan fingerprint density at radius 1 is 1.23 bits per heavy atom. The molecule has 0 spiro atoms. The van der Waals surface area contributed by atoms with Gasteiger partial charge in [-0.25, -0.2) is 4.68 Å². The van der Waals surface area contributed by atoms with E-state index in [1.54, 1.807) is 10.9 Å². The number of benzene rings is 1. The highest BCUT2D eigenvalue weighted by molar-refractivity contribution is 8.00. The van der Waals surface area contributed by atoms with Gasteiger partial charge in [-0.2, -0.15) is 0 Å². The zero-order valence-electron chi connectivity index (χ0n) is 21.6. The molecule has 14 nitrogen and oxygen atoms in total. The van der Waals surface area contributed by atoms with E-state index < -0.39 is 59.1 Å². The second-order valence-electron chi connectivity index (χ2n) is 9.04. The molecule has 8 atom stereocenters. The number of aliphatic hydroxyl groups excluding tert-OH is 1. The van der Waals surface area contributed by atoms with Crippen LogP contribution >= 0.6 is 11.8 Å². The second-order valence-corrected chi connectivity index (χ2v) is 10.4. The average molecular weight is 563 g/mol. The summed E-state index contributed by atoms with van der Waals surface area (Å²) in [5.74, 6) is -1.18. The van der Waals surface area contributed by atoms with Crippen LogP contribution in [0.25, 0.3) is 21.7 Å². The Hall–Kier alpha value is -3.20. The van der Waals surface area contributed by atoms with Gasteiger partial charge in [-0.15, -0.1) is 16.9 Å². The van der Waals surface area contributed by atoms with Crippen LogP contribution in [-0.2, 0) is 33.3 Å². The molecule has 2 aliphatic rings. The van der Waals surface area contributed by atoms with Crippen LogP contribution in [0.4, 0.5) is 0 Å². The van der Waals surface area contributed by atoms with E-state index in [1.165, 1.54) is 32.7 Å². The standard InChI is InChI=1S/C24H30N6O8S/c1-13(31)36-11-18-22(37-14(2)32)20(27-28-25)23(34-3)24(38-18)39-19-12-35-10-17(21(19)33)30-9-16(26-29-30)15-7-5-4-6-8-15/h4-9,17-24,33H,10-12H2,1-3H3. The van der Waals surface area contributed by atoms with Gasteiger partial charge in [0.2, 0.25) is 0 Å². The summed E-state index contributed by atoms with van der Waals surface area (Å²) in [6, 6.07) is 8.04. The number of methoxy groups -OCH3 is 1. The number of rotatable bonds is 9. The van der Waals surface area contributed by atoms with Crippen molar-refractivity contribution in [3.63, 3.8) is 0 Å². The predicted molar refractivity (Wildman–Crippen MR) is 137 cm³/mol. The van der Waals surface area contributed by atoms with Crippen LogP contribution in [0, 0.1) is 0 Å². The van der Waals surface area contributed by atoms with E-state index in [0.717, 1.165) is 5.56 Å². The number of hydrogen-bond donors (Lipinski definition) is 1. The molecule has 2 saturated heterocycles. The lowest BCUT2D eigenvalue weighted by Gasteiger charge is -2.45. The van der Waals surface area contributed by atoms with Crippen molar-refractivity contribution in [1.29, 1.82) is 0 Å². The van der Waals surface area contributed by atoms with Gasteiger partial charge in [0.25, 0.3) is 0 Å². The summed E-state index contributed by atoms with van der Waals surface area (Å²) >= 11 is 1.22. The lowest BCUT2D eigenvalue weighted by atomic mass is 9.97. The number of esters is 2. The molecule has 0 saturated carbocycles. The topological polar surface area (TPSA) is 180 Å². The number of aromatic nitrogens is 3. The number of thioether (sulfide) groups is 1. The fourth-order valence-electron chi connectivity index (χ4n) is 4.57. The Morgan fingerprint density at radius 2 is 2.00 bits per heavy atom. The number of hydrogen-bond acceptors (Lipinski definition) is 12. The molecule has 0 radical (unpaired) electrons. The molecule has 4 rings (SSSR count). The lowest BCUT2D eigenvalue weighted by Crippen LogP contribution is -2.59. The summed E-state index contributed by atoms with van der Waals surface area (Å²) in [4.78, 5) is 26.2. The van der Waals surface area contributed by atoms with Crippen molar-refractivity contribution in [2.24, 2.45) is 5.11 Å². The Kier molecular flexibility index (Phi) is 9.78. The van der Waals surface area contributed by atoms with E-state index in [-0.39, 0.29) is 19.8 Å². The first-order chi connectivity index (χ1) is 18.8. The maximum absolute atomic E-state index is 11.8. The summed E-state index contributed by atoms with van der Waals surface area (Å²) in [6.45, 7) is 2.63. The maximum Gasteiger partial charge on any atom is 0.303 e. The second kappa shape index (κ2) is 13.2. The first-order valence-electron chi connectivity index (χ1n) is 12.2. The van der Waals surface area contributed by atoms with Crippen LogP contribution in [0.2, 0.25) is 0 Å². The molecule has 2 aliphatic heterocycles. The number of carbonyl (C=O) groups is 2. The van der Waals surface area contributed by atoms with Gasteiger partial charge in [0.15, 0.2) is 0 Å². The van der Waals surface area contributed by atoms with E-state index in [1.807, 2.05) is 30.3 Å². The number of carbonyl (C=O) groups excluding carboxylic acids is 2. The Morgan fingerprint density at radius 3 is 2.67 bits per heavy atom. The third-order valence-electron chi connectivity index (χ3n) is 6.40. The zero-order chi connectivity index (χ0) is 27.9. The first-order valence-corrected chi connectivity index (χ1v) is 13.2. The quantitative estimate of drug-likeness (QED) is 0.204. The van der Waals surface area contributed by atoms with E-state index in [9.17, 15) is 20.2 Å². The minimum Gasteiger partial charge on any atom is -0.463 e. The smallest absolute Gasteiger partial charge is 0.303 e. The van der Waals surface area contributed by atoms with Gasteiger partial charge < -0.3 is 28.8 Å². The third kappa shape index (κ3) is 6.87. The molecule has 1 N–H and O–H groups in total. The number of azide groups is 1. The van der Waals surface area contributed by atoms with Crippen LogP contribution in [0.1, 0.15) is 19.9 Å². The highest BCUT2D eigenvalue weighted by atomic mass is 32.2. The van der Waals surface area contributed by atoms with Crippen LogP contribution < -0.4 is 0 Å². The predicted octanol–water partition coefficient (Wildman–Crippen LogP) is 1.89. The molecular weight excluding hydrogens is 532 g/mol. The van der Waals surface area contributed by atoms with Crippen molar-refractivity contribution in [3.05, 3.63) is 47.0 Å². The van der Waals surface area contributed by atoms with Crippen molar-refractivity contribution in [3.8, 4) is 11.3 Å². The van der Waals surface area contributed by atoms with E-state index in [4.69, 9.17) is 23.7 Å². The highest BCUT2D eigenvalue weighted by Crippen LogP contribution is 2.39. The fourth-order valence-corrected chi connectivity index (χ4v) is 6.07. The van der Waals surface area contributed by atoms with Crippen molar-refractivity contribution in [2.75, 3.05) is 26.9 Å². The Balaban J connectivity index is 1.54. The van der Waals surface area contributed by atoms with Crippen LogP contribution in [0.15, 0.2) is 41.6 Å². The zero-order valence-corrected chi connectivity index (χ0v) is 22.4. The first kappa shape index (κ1) is 28.8. The molecular formula is C24H30N6O8S. The van der Waals surface area contributed by atoms with Crippen molar-refractivity contribution in [1.82, 2.24) is 15.0 Å². The molecule has 15 heteroatoms. The van der Waals surface area contributed by atoms with Gasteiger partial charge in [0.1, 0.15) is 48.1 Å².